The molecule has 1 unspecified atom stereocenters. The smallest absolute Gasteiger partial charge is 0.267 e. The number of H-pyrrole nitrogens is 2. The van der Waals surface area contributed by atoms with Gasteiger partial charge in [-0.2, -0.15) is 0 Å². The molecule has 1 aliphatic rings. The molecular formula is C30H34N4O3. The van der Waals surface area contributed by atoms with E-state index in [0.29, 0.717) is 6.04 Å². The van der Waals surface area contributed by atoms with Crippen LogP contribution in [0, 0.1) is 13.8 Å². The van der Waals surface area contributed by atoms with Gasteiger partial charge in [0, 0.05) is 59.8 Å². The highest BCUT2D eigenvalue weighted by Crippen LogP contribution is 2.38. The maximum absolute atomic E-state index is 11.4. The molecule has 0 bridgehead atoms. The van der Waals surface area contributed by atoms with Gasteiger partial charge in [0.1, 0.15) is 5.75 Å². The normalized spacial score (nSPS) is 15.1. The second-order valence-electron chi connectivity index (χ2n) is 9.88. The summed E-state index contributed by atoms with van der Waals surface area (Å²) >= 11 is 0. The van der Waals surface area contributed by atoms with E-state index in [-0.39, 0.29) is 0 Å². The maximum atomic E-state index is 11.4. The fourth-order valence-electron chi connectivity index (χ4n) is 5.57. The van der Waals surface area contributed by atoms with E-state index in [0.717, 1.165) is 49.2 Å². The lowest BCUT2D eigenvalue weighted by Crippen LogP contribution is -2.29. The lowest BCUT2D eigenvalue weighted by atomic mass is 10.0. The Hall–Kier alpha value is -3.81. The zero-order chi connectivity index (χ0) is 25.9. The van der Waals surface area contributed by atoms with Crippen LogP contribution in [0.4, 0.5) is 0 Å². The van der Waals surface area contributed by atoms with Gasteiger partial charge in [-0.05, 0) is 85.2 Å². The number of aromatic amines is 2. The average molecular weight is 499 g/mol. The van der Waals surface area contributed by atoms with Crippen LogP contribution in [0.2, 0.25) is 0 Å². The van der Waals surface area contributed by atoms with Crippen LogP contribution in [0.25, 0.3) is 17.0 Å². The first-order valence-corrected chi connectivity index (χ1v) is 12.7. The van der Waals surface area contributed by atoms with Gasteiger partial charge in [0.2, 0.25) is 0 Å². The fraction of sp³-hybridized carbons (Fsp3) is 0.300. The van der Waals surface area contributed by atoms with Crippen molar-refractivity contribution < 1.29 is 14.7 Å². The van der Waals surface area contributed by atoms with Crippen LogP contribution in [0.1, 0.15) is 51.7 Å². The number of benzene rings is 2. The molecule has 7 nitrogen and oxygen atoms in total. The van der Waals surface area contributed by atoms with Gasteiger partial charge in [-0.3, -0.25) is 14.9 Å². The highest BCUT2D eigenvalue weighted by molar-refractivity contribution is 5.90. The minimum Gasteiger partial charge on any atom is -0.497 e. The number of aryl methyl sites for hydroxylation is 3. The molecule has 0 spiro atoms. The molecule has 37 heavy (non-hydrogen) atoms. The van der Waals surface area contributed by atoms with E-state index in [9.17, 15) is 4.79 Å². The Kier molecular flexibility index (Phi) is 7.17. The van der Waals surface area contributed by atoms with Crippen LogP contribution >= 0.6 is 0 Å². The predicted molar refractivity (Wildman–Crippen MR) is 146 cm³/mol. The van der Waals surface area contributed by atoms with Gasteiger partial charge in [-0.15, -0.1) is 0 Å². The molecule has 0 fully saturated rings. The quantitative estimate of drug-likeness (QED) is 0.142. The lowest BCUT2D eigenvalue weighted by molar-refractivity contribution is -0.124. The molecule has 7 heteroatoms. The Bertz CT molecular complexity index is 1450. The van der Waals surface area contributed by atoms with Crippen LogP contribution < -0.4 is 10.2 Å². The van der Waals surface area contributed by atoms with Gasteiger partial charge in [0.05, 0.1) is 7.11 Å². The number of hydrogen-bond donors (Lipinski definition) is 4. The molecule has 2 aromatic heterocycles. The average Bonchev–Trinajstić information content (AvgIpc) is 3.60. The SMILES string of the molecule is COc1ccc2c(CCN(Cc3[nH]c(C)cc3C)C3CCc4cc(C=CC(=O)NO)ccc43)c[nH]c2c1. The number of nitrogens with one attached hydrogen (secondary N) is 3. The third-order valence-electron chi connectivity index (χ3n) is 7.45. The van der Waals surface area contributed by atoms with Gasteiger partial charge in [0.15, 0.2) is 0 Å². The summed E-state index contributed by atoms with van der Waals surface area (Å²) in [5.41, 5.74) is 11.4. The molecule has 0 saturated carbocycles. The molecule has 5 rings (SSSR count). The van der Waals surface area contributed by atoms with E-state index in [1.807, 2.05) is 18.2 Å². The summed E-state index contributed by atoms with van der Waals surface area (Å²) in [7, 11) is 1.69. The number of amides is 1. The second kappa shape index (κ2) is 10.7. The van der Waals surface area contributed by atoms with E-state index in [1.165, 1.54) is 45.1 Å². The highest BCUT2D eigenvalue weighted by atomic mass is 16.5. The second-order valence-corrected chi connectivity index (χ2v) is 9.88. The summed E-state index contributed by atoms with van der Waals surface area (Å²) in [6.45, 7) is 6.07. The van der Waals surface area contributed by atoms with Crippen LogP contribution in [0.5, 0.6) is 5.75 Å². The number of fused-ring (bicyclic) bond motifs is 2. The predicted octanol–water partition coefficient (Wildman–Crippen LogP) is 5.37. The van der Waals surface area contributed by atoms with Crippen molar-refractivity contribution in [1.82, 2.24) is 20.3 Å². The Morgan fingerprint density at radius 1 is 1.22 bits per heavy atom. The number of carbonyl (C=O) groups is 1. The molecule has 0 aliphatic heterocycles. The van der Waals surface area contributed by atoms with Crippen molar-refractivity contribution >= 4 is 22.9 Å². The molecule has 4 N–H and O–H groups in total. The van der Waals surface area contributed by atoms with E-state index >= 15 is 0 Å². The zero-order valence-corrected chi connectivity index (χ0v) is 21.6. The first kappa shape index (κ1) is 24.9. The van der Waals surface area contributed by atoms with Gasteiger partial charge < -0.3 is 14.7 Å². The Morgan fingerprint density at radius 3 is 2.84 bits per heavy atom. The van der Waals surface area contributed by atoms with Crippen molar-refractivity contribution in [2.24, 2.45) is 0 Å². The molecule has 4 aromatic rings. The van der Waals surface area contributed by atoms with Crippen molar-refractivity contribution in [3.8, 4) is 5.75 Å². The van der Waals surface area contributed by atoms with Gasteiger partial charge in [0.25, 0.3) is 5.91 Å². The first-order chi connectivity index (χ1) is 17.9. The molecule has 1 aliphatic carbocycles. The third-order valence-corrected chi connectivity index (χ3v) is 7.45. The van der Waals surface area contributed by atoms with E-state index < -0.39 is 5.91 Å². The summed E-state index contributed by atoms with van der Waals surface area (Å²) < 4.78 is 5.38. The molecule has 0 radical (unpaired) electrons. The number of methoxy groups -OCH3 is 1. The highest BCUT2D eigenvalue weighted by Gasteiger charge is 2.29. The number of rotatable bonds is 9. The van der Waals surface area contributed by atoms with Gasteiger partial charge in [-0.25, -0.2) is 5.48 Å². The Morgan fingerprint density at radius 2 is 2.08 bits per heavy atom. The Balaban J connectivity index is 1.40. The topological polar surface area (TPSA) is 93.4 Å². The van der Waals surface area contributed by atoms with Crippen molar-refractivity contribution in [1.29, 1.82) is 0 Å². The maximum Gasteiger partial charge on any atom is 0.267 e. The fourth-order valence-corrected chi connectivity index (χ4v) is 5.57. The number of hydroxylamine groups is 1. The Labute approximate surface area is 217 Å². The molecule has 1 amide bonds. The summed E-state index contributed by atoms with van der Waals surface area (Å²) in [5, 5.41) is 9.98. The first-order valence-electron chi connectivity index (χ1n) is 12.7. The summed E-state index contributed by atoms with van der Waals surface area (Å²) in [4.78, 5) is 21.0. The van der Waals surface area contributed by atoms with Crippen LogP contribution in [-0.2, 0) is 24.2 Å². The van der Waals surface area contributed by atoms with Crippen LogP contribution in [-0.4, -0.2) is 39.6 Å². The molecule has 2 aromatic carbocycles. The number of hydrogen-bond acceptors (Lipinski definition) is 4. The summed E-state index contributed by atoms with van der Waals surface area (Å²) in [5.74, 6) is 0.325. The number of ether oxygens (including phenoxy) is 1. The standard InChI is InChI=1S/C30H34N4O3/c1-19-14-20(2)32-28(19)18-34(13-12-23-17-31-27-16-24(37-3)7-9-25(23)27)29-10-6-22-15-21(4-8-26(22)29)5-11-30(35)33-36/h4-5,7-9,11,14-17,29,31-32,36H,6,10,12-13,18H2,1-3H3,(H,33,35). The van der Waals surface area contributed by atoms with Gasteiger partial charge in [-0.1, -0.05) is 18.2 Å². The monoisotopic (exact) mass is 498 g/mol. The summed E-state index contributed by atoms with van der Waals surface area (Å²) in [6.07, 6.45) is 8.19. The van der Waals surface area contributed by atoms with E-state index in [2.05, 4.69) is 59.2 Å². The third kappa shape index (κ3) is 5.33. The molecule has 0 saturated heterocycles. The van der Waals surface area contributed by atoms with Gasteiger partial charge >= 0.3 is 0 Å². The largest absolute Gasteiger partial charge is 0.497 e. The minimum atomic E-state index is -0.531. The van der Waals surface area contributed by atoms with E-state index in [4.69, 9.17) is 9.94 Å². The van der Waals surface area contributed by atoms with Crippen molar-refractivity contribution in [2.45, 2.75) is 45.7 Å². The van der Waals surface area contributed by atoms with Crippen LogP contribution in [0.15, 0.2) is 54.7 Å². The molecule has 2 heterocycles. The molecular weight excluding hydrogens is 464 g/mol. The number of aromatic nitrogens is 2. The van der Waals surface area contributed by atoms with Crippen molar-refractivity contribution in [3.63, 3.8) is 0 Å². The number of carbonyl (C=O) groups excluding carboxylic acids is 1. The van der Waals surface area contributed by atoms with Crippen molar-refractivity contribution in [2.75, 3.05) is 13.7 Å². The van der Waals surface area contributed by atoms with Crippen LogP contribution in [0.3, 0.4) is 0 Å². The van der Waals surface area contributed by atoms with Crippen molar-refractivity contribution in [3.05, 3.63) is 93.9 Å². The number of nitrogens with zero attached hydrogens (tertiary/aromatic N) is 1. The minimum absolute atomic E-state index is 0.321. The lowest BCUT2D eigenvalue weighted by Gasteiger charge is -2.30. The zero-order valence-electron chi connectivity index (χ0n) is 21.6. The molecule has 192 valence electrons. The van der Waals surface area contributed by atoms with E-state index in [1.54, 1.807) is 18.7 Å². The summed E-state index contributed by atoms with van der Waals surface area (Å²) in [6, 6.07) is 15.1. The molecule has 1 atom stereocenters.